The molecule has 3 heteroatoms. The lowest BCUT2D eigenvalue weighted by Crippen LogP contribution is -2.40. The van der Waals surface area contributed by atoms with Gasteiger partial charge in [-0.25, -0.2) is 0 Å². The van der Waals surface area contributed by atoms with Crippen molar-refractivity contribution in [2.24, 2.45) is 10.9 Å². The van der Waals surface area contributed by atoms with Crippen molar-refractivity contribution in [1.82, 2.24) is 10.6 Å². The van der Waals surface area contributed by atoms with Crippen molar-refractivity contribution in [3.63, 3.8) is 0 Å². The predicted octanol–water partition coefficient (Wildman–Crippen LogP) is 0.436. The van der Waals surface area contributed by atoms with Crippen LogP contribution in [0.3, 0.4) is 0 Å². The zero-order valence-electron chi connectivity index (χ0n) is 7.02. The number of aliphatic imine (C=N–C) groups is 1. The molecular weight excluding hydrogens is 126 g/mol. The maximum Gasteiger partial charge on any atom is 0.152 e. The Morgan fingerprint density at radius 1 is 1.50 bits per heavy atom. The first-order chi connectivity index (χ1) is 4.70. The van der Waals surface area contributed by atoms with Crippen molar-refractivity contribution < 1.29 is 0 Å². The largest absolute Gasteiger partial charge is 0.286 e. The highest BCUT2D eigenvalue weighted by molar-refractivity contribution is 5.23. The molecule has 0 saturated carbocycles. The van der Waals surface area contributed by atoms with Crippen molar-refractivity contribution in [1.29, 1.82) is 0 Å². The first-order valence-corrected chi connectivity index (χ1v) is 3.57. The van der Waals surface area contributed by atoms with E-state index >= 15 is 0 Å². The Morgan fingerprint density at radius 3 is 2.40 bits per heavy atom. The summed E-state index contributed by atoms with van der Waals surface area (Å²) in [6.07, 6.45) is 0.00222. The molecule has 2 N–H and O–H groups in total. The fourth-order valence-corrected chi connectivity index (χ4v) is 0.605. The summed E-state index contributed by atoms with van der Waals surface area (Å²) in [5.41, 5.74) is 0. The molecule has 1 atom stereocenters. The molecule has 0 fully saturated rings. The van der Waals surface area contributed by atoms with Crippen LogP contribution in [0.4, 0.5) is 0 Å². The van der Waals surface area contributed by atoms with E-state index in [1.54, 1.807) is 0 Å². The highest BCUT2D eigenvalue weighted by atomic mass is 15.2. The van der Waals surface area contributed by atoms with Gasteiger partial charge in [-0.2, -0.15) is 0 Å². The molecule has 0 aromatic heterocycles. The maximum atomic E-state index is 3.81. The average Bonchev–Trinajstić information content (AvgIpc) is 1.90. The van der Waals surface area contributed by atoms with Crippen LogP contribution in [-0.4, -0.2) is 26.6 Å². The van der Waals surface area contributed by atoms with Crippen molar-refractivity contribution in [3.8, 4) is 0 Å². The summed E-state index contributed by atoms with van der Waals surface area (Å²) in [6.45, 7) is 8.71. The minimum absolute atomic E-state index is 0.00222. The summed E-state index contributed by atoms with van der Waals surface area (Å²) < 4.78 is 0. The van der Waals surface area contributed by atoms with Crippen LogP contribution in [0.1, 0.15) is 13.8 Å². The van der Waals surface area contributed by atoms with E-state index in [1.165, 1.54) is 0 Å². The molecule has 1 unspecified atom stereocenters. The Labute approximate surface area is 62.9 Å². The van der Waals surface area contributed by atoms with Crippen LogP contribution in [-0.2, 0) is 0 Å². The van der Waals surface area contributed by atoms with Gasteiger partial charge in [-0.15, -0.1) is 0 Å². The van der Waals surface area contributed by atoms with E-state index in [-0.39, 0.29) is 6.29 Å². The molecule has 0 aromatic carbocycles. The molecule has 0 aromatic rings. The number of nitrogens with one attached hydrogen (secondary N) is 2. The van der Waals surface area contributed by atoms with Crippen LogP contribution in [0.25, 0.3) is 0 Å². The first kappa shape index (κ1) is 9.59. The molecule has 0 spiro atoms. The lowest BCUT2D eigenvalue weighted by Gasteiger charge is -2.13. The van der Waals surface area contributed by atoms with E-state index in [9.17, 15) is 0 Å². The zero-order valence-corrected chi connectivity index (χ0v) is 7.02. The third kappa shape index (κ3) is 4.47. The molecule has 0 aliphatic rings. The van der Waals surface area contributed by atoms with Gasteiger partial charge >= 0.3 is 0 Å². The Hall–Kier alpha value is -0.410. The van der Waals surface area contributed by atoms with E-state index in [0.717, 1.165) is 6.54 Å². The molecule has 0 radical (unpaired) electrons. The summed E-state index contributed by atoms with van der Waals surface area (Å²) in [5, 5.41) is 6.15. The summed E-state index contributed by atoms with van der Waals surface area (Å²) >= 11 is 0. The first-order valence-electron chi connectivity index (χ1n) is 3.57. The normalized spacial score (nSPS) is 13.6. The highest BCUT2D eigenvalue weighted by Crippen LogP contribution is 1.88. The van der Waals surface area contributed by atoms with Crippen LogP contribution < -0.4 is 10.6 Å². The number of rotatable bonds is 5. The van der Waals surface area contributed by atoms with Gasteiger partial charge in [0.05, 0.1) is 0 Å². The van der Waals surface area contributed by atoms with E-state index in [0.29, 0.717) is 5.92 Å². The zero-order chi connectivity index (χ0) is 7.98. The minimum Gasteiger partial charge on any atom is -0.286 e. The lowest BCUT2D eigenvalue weighted by atomic mass is 10.2. The molecule has 10 heavy (non-hydrogen) atoms. The molecule has 0 bridgehead atoms. The monoisotopic (exact) mass is 143 g/mol. The third-order valence-electron chi connectivity index (χ3n) is 1.18. The van der Waals surface area contributed by atoms with Crippen LogP contribution >= 0.6 is 0 Å². The van der Waals surface area contributed by atoms with Gasteiger partial charge in [0.15, 0.2) is 6.29 Å². The van der Waals surface area contributed by atoms with Gasteiger partial charge in [0.1, 0.15) is 0 Å². The fraction of sp³-hybridized carbons (Fsp3) is 0.857. The van der Waals surface area contributed by atoms with Gasteiger partial charge in [-0.3, -0.25) is 15.6 Å². The Morgan fingerprint density at radius 2 is 2.10 bits per heavy atom. The predicted molar refractivity (Wildman–Crippen MR) is 45.2 cm³/mol. The Balaban J connectivity index is 3.34. The van der Waals surface area contributed by atoms with Crippen molar-refractivity contribution in [2.75, 3.05) is 13.6 Å². The van der Waals surface area contributed by atoms with Crippen LogP contribution in [0.5, 0.6) is 0 Å². The molecule has 3 nitrogen and oxygen atoms in total. The molecule has 0 aliphatic carbocycles. The number of hydrogen-bond donors (Lipinski definition) is 2. The Bertz CT molecular complexity index is 90.9. The second-order valence-corrected chi connectivity index (χ2v) is 2.68. The Kier molecular flexibility index (Phi) is 5.16. The summed E-state index contributed by atoms with van der Waals surface area (Å²) in [4.78, 5) is 3.81. The second kappa shape index (κ2) is 5.38. The molecule has 0 heterocycles. The summed E-state index contributed by atoms with van der Waals surface area (Å²) in [5.74, 6) is 0.651. The van der Waals surface area contributed by atoms with Crippen LogP contribution in [0.15, 0.2) is 4.99 Å². The molecule has 0 amide bonds. The quantitative estimate of drug-likeness (QED) is 0.432. The van der Waals surface area contributed by atoms with E-state index in [2.05, 4.69) is 36.2 Å². The molecule has 0 saturated heterocycles. The molecule has 0 rings (SSSR count). The van der Waals surface area contributed by atoms with Gasteiger partial charge in [-0.1, -0.05) is 13.8 Å². The van der Waals surface area contributed by atoms with Crippen molar-refractivity contribution >= 4 is 6.72 Å². The smallest absolute Gasteiger partial charge is 0.152 e. The third-order valence-corrected chi connectivity index (χ3v) is 1.18. The standard InChI is InChI=1S/C7H17N3/c1-6(2)5-10-7(8-3)9-4/h6-7,9-10H,3,5H2,1-2,4H3. The van der Waals surface area contributed by atoms with Crippen molar-refractivity contribution in [2.45, 2.75) is 20.1 Å². The van der Waals surface area contributed by atoms with Gasteiger partial charge in [0.2, 0.25) is 0 Å². The SMILES string of the molecule is C=NC(NC)NCC(C)C. The van der Waals surface area contributed by atoms with Gasteiger partial charge in [0.25, 0.3) is 0 Å². The number of nitrogens with zero attached hydrogens (tertiary/aromatic N) is 1. The van der Waals surface area contributed by atoms with E-state index < -0.39 is 0 Å². The van der Waals surface area contributed by atoms with E-state index in [4.69, 9.17) is 0 Å². The average molecular weight is 143 g/mol. The summed E-state index contributed by atoms with van der Waals surface area (Å²) in [6, 6.07) is 0. The van der Waals surface area contributed by atoms with E-state index in [1.807, 2.05) is 7.05 Å². The van der Waals surface area contributed by atoms with Crippen LogP contribution in [0, 0.1) is 5.92 Å². The molecular formula is C7H17N3. The van der Waals surface area contributed by atoms with Crippen LogP contribution in [0.2, 0.25) is 0 Å². The minimum atomic E-state index is 0.00222. The second-order valence-electron chi connectivity index (χ2n) is 2.68. The van der Waals surface area contributed by atoms with Crippen molar-refractivity contribution in [3.05, 3.63) is 0 Å². The van der Waals surface area contributed by atoms with Gasteiger partial charge < -0.3 is 0 Å². The lowest BCUT2D eigenvalue weighted by molar-refractivity contribution is 0.435. The summed E-state index contributed by atoms with van der Waals surface area (Å²) in [7, 11) is 1.85. The number of hydrogen-bond acceptors (Lipinski definition) is 3. The van der Waals surface area contributed by atoms with Gasteiger partial charge in [0, 0.05) is 6.54 Å². The maximum absolute atomic E-state index is 3.81. The molecule has 60 valence electrons. The molecule has 0 aliphatic heterocycles. The highest BCUT2D eigenvalue weighted by Gasteiger charge is 1.99. The fourth-order valence-electron chi connectivity index (χ4n) is 0.605. The topological polar surface area (TPSA) is 36.4 Å². The van der Waals surface area contributed by atoms with Gasteiger partial charge in [-0.05, 0) is 19.7 Å².